The van der Waals surface area contributed by atoms with Gasteiger partial charge in [0.05, 0.1) is 18.1 Å². The number of benzene rings is 1. The van der Waals surface area contributed by atoms with Gasteiger partial charge in [0, 0.05) is 70.3 Å². The van der Waals surface area contributed by atoms with Crippen LogP contribution in [0, 0.1) is 0 Å². The zero-order valence-electron chi connectivity index (χ0n) is 19.2. The van der Waals surface area contributed by atoms with Gasteiger partial charge in [-0.1, -0.05) is 30.3 Å². The van der Waals surface area contributed by atoms with E-state index in [1.807, 2.05) is 24.2 Å². The molecule has 1 atom stereocenters. The maximum Gasteiger partial charge on any atom is 0.239 e. The van der Waals surface area contributed by atoms with E-state index < -0.39 is 0 Å². The second-order valence-corrected chi connectivity index (χ2v) is 8.82. The zero-order valence-corrected chi connectivity index (χ0v) is 19.2. The van der Waals surface area contributed by atoms with E-state index in [-0.39, 0.29) is 11.9 Å². The number of carbonyl (C=O) groups excluding carboxylic acids is 1. The third-order valence-electron chi connectivity index (χ3n) is 6.84. The normalized spacial score (nSPS) is 17.6. The minimum atomic E-state index is -0.146. The summed E-state index contributed by atoms with van der Waals surface area (Å²) in [5, 5.41) is 0. The van der Waals surface area contributed by atoms with Gasteiger partial charge in [-0.2, -0.15) is 0 Å². The number of hydrogen-bond acceptors (Lipinski definition) is 6. The highest BCUT2D eigenvalue weighted by molar-refractivity contribution is 5.81. The van der Waals surface area contributed by atoms with Crippen LogP contribution in [0.2, 0.25) is 0 Å². The third-order valence-corrected chi connectivity index (χ3v) is 6.84. The first-order valence-electron chi connectivity index (χ1n) is 11.8. The van der Waals surface area contributed by atoms with E-state index in [0.717, 1.165) is 57.2 Å². The van der Waals surface area contributed by atoms with E-state index >= 15 is 0 Å². The Balaban J connectivity index is 1.15. The standard InChI is InChI=1S/C25H31N7O/c1-20(24(33)29-14-16-30(17-15-29)25-26-10-5-11-27-25)31-13-9-23-22(18-31)28-19-32(23)12-8-21-6-3-2-4-7-21/h2-7,10-11,19-20H,8-9,12-18H2,1H3. The Hall–Kier alpha value is -3.26. The largest absolute Gasteiger partial charge is 0.338 e. The van der Waals surface area contributed by atoms with Crippen LogP contribution in [0.5, 0.6) is 0 Å². The predicted molar refractivity (Wildman–Crippen MR) is 127 cm³/mol. The van der Waals surface area contributed by atoms with Crippen LogP contribution in [0.3, 0.4) is 0 Å². The van der Waals surface area contributed by atoms with Gasteiger partial charge in [-0.15, -0.1) is 0 Å². The van der Waals surface area contributed by atoms with Crippen molar-refractivity contribution in [1.82, 2.24) is 29.3 Å². The molecular weight excluding hydrogens is 414 g/mol. The summed E-state index contributed by atoms with van der Waals surface area (Å²) in [6.45, 7) is 7.52. The Kier molecular flexibility index (Phi) is 6.35. The van der Waals surface area contributed by atoms with Crippen LogP contribution in [-0.4, -0.2) is 74.0 Å². The Morgan fingerprint density at radius 3 is 2.48 bits per heavy atom. The summed E-state index contributed by atoms with van der Waals surface area (Å²) in [4.78, 5) is 33.0. The molecule has 1 aromatic carbocycles. The molecule has 3 aromatic rings. The molecule has 2 aromatic heterocycles. The summed E-state index contributed by atoms with van der Waals surface area (Å²) in [6.07, 6.45) is 7.42. The van der Waals surface area contributed by atoms with Gasteiger partial charge in [-0.25, -0.2) is 15.0 Å². The molecule has 8 nitrogen and oxygen atoms in total. The van der Waals surface area contributed by atoms with Gasteiger partial charge in [0.15, 0.2) is 0 Å². The summed E-state index contributed by atoms with van der Waals surface area (Å²) >= 11 is 0. The first-order valence-corrected chi connectivity index (χ1v) is 11.8. The van der Waals surface area contributed by atoms with E-state index in [2.05, 4.69) is 54.7 Å². The number of rotatable bonds is 6. The molecule has 1 amide bonds. The number of aryl methyl sites for hydroxylation is 2. The lowest BCUT2D eigenvalue weighted by atomic mass is 10.1. The summed E-state index contributed by atoms with van der Waals surface area (Å²) in [6, 6.07) is 12.2. The van der Waals surface area contributed by atoms with Crippen molar-refractivity contribution in [2.24, 2.45) is 0 Å². The van der Waals surface area contributed by atoms with Gasteiger partial charge in [-0.3, -0.25) is 9.69 Å². The molecular formula is C25H31N7O. The van der Waals surface area contributed by atoms with Crippen molar-refractivity contribution in [2.45, 2.75) is 38.9 Å². The number of aromatic nitrogens is 4. The Bertz CT molecular complexity index is 1060. The van der Waals surface area contributed by atoms with E-state index in [0.29, 0.717) is 13.1 Å². The topological polar surface area (TPSA) is 70.4 Å². The number of carbonyl (C=O) groups is 1. The molecule has 0 radical (unpaired) electrons. The molecule has 1 saturated heterocycles. The van der Waals surface area contributed by atoms with Crippen LogP contribution in [0.1, 0.15) is 23.9 Å². The highest BCUT2D eigenvalue weighted by Crippen LogP contribution is 2.21. The van der Waals surface area contributed by atoms with Crippen molar-refractivity contribution in [3.63, 3.8) is 0 Å². The number of fused-ring (bicyclic) bond motifs is 1. The smallest absolute Gasteiger partial charge is 0.239 e. The molecule has 0 spiro atoms. The van der Waals surface area contributed by atoms with E-state index in [1.54, 1.807) is 12.4 Å². The Morgan fingerprint density at radius 2 is 1.73 bits per heavy atom. The van der Waals surface area contributed by atoms with E-state index in [9.17, 15) is 4.79 Å². The molecule has 0 saturated carbocycles. The first kappa shape index (κ1) is 21.6. The summed E-state index contributed by atoms with van der Waals surface area (Å²) in [5.41, 5.74) is 3.77. The summed E-state index contributed by atoms with van der Waals surface area (Å²) in [5.74, 6) is 0.944. The van der Waals surface area contributed by atoms with Crippen LogP contribution in [0.4, 0.5) is 5.95 Å². The fourth-order valence-electron chi connectivity index (χ4n) is 4.81. The van der Waals surface area contributed by atoms with Crippen LogP contribution in [0.15, 0.2) is 55.1 Å². The molecule has 0 bridgehead atoms. The van der Waals surface area contributed by atoms with Crippen LogP contribution in [0.25, 0.3) is 0 Å². The number of hydrogen-bond donors (Lipinski definition) is 0. The molecule has 2 aliphatic rings. The number of amides is 1. The average Bonchev–Trinajstić information content (AvgIpc) is 3.30. The molecule has 4 heterocycles. The first-order chi connectivity index (χ1) is 16.2. The molecule has 0 aliphatic carbocycles. The van der Waals surface area contributed by atoms with Gasteiger partial charge in [0.25, 0.3) is 0 Å². The Labute approximate surface area is 194 Å². The zero-order chi connectivity index (χ0) is 22.6. The quantitative estimate of drug-likeness (QED) is 0.578. The van der Waals surface area contributed by atoms with Crippen LogP contribution in [-0.2, 0) is 30.7 Å². The van der Waals surface area contributed by atoms with Gasteiger partial charge < -0.3 is 14.4 Å². The van der Waals surface area contributed by atoms with E-state index in [1.165, 1.54) is 11.3 Å². The van der Waals surface area contributed by atoms with E-state index in [4.69, 9.17) is 4.98 Å². The lowest BCUT2D eigenvalue weighted by Gasteiger charge is -2.39. The van der Waals surface area contributed by atoms with Gasteiger partial charge in [0.2, 0.25) is 11.9 Å². The second-order valence-electron chi connectivity index (χ2n) is 8.82. The molecule has 0 N–H and O–H groups in total. The predicted octanol–water partition coefficient (Wildman–Crippen LogP) is 2.01. The number of nitrogens with zero attached hydrogens (tertiary/aromatic N) is 7. The molecule has 5 rings (SSSR count). The summed E-state index contributed by atoms with van der Waals surface area (Å²) in [7, 11) is 0. The number of imidazole rings is 1. The molecule has 172 valence electrons. The third kappa shape index (κ3) is 4.75. The highest BCUT2D eigenvalue weighted by atomic mass is 16.2. The maximum absolute atomic E-state index is 13.2. The fraction of sp³-hybridized carbons (Fsp3) is 0.440. The average molecular weight is 446 g/mol. The van der Waals surface area contributed by atoms with Crippen LogP contribution < -0.4 is 4.90 Å². The van der Waals surface area contributed by atoms with Crippen molar-refractivity contribution < 1.29 is 4.79 Å². The van der Waals surface area contributed by atoms with Gasteiger partial charge >= 0.3 is 0 Å². The monoisotopic (exact) mass is 445 g/mol. The van der Waals surface area contributed by atoms with Gasteiger partial charge in [-0.05, 0) is 25.0 Å². The number of anilines is 1. The highest BCUT2D eigenvalue weighted by Gasteiger charge is 2.32. The van der Waals surface area contributed by atoms with Crippen molar-refractivity contribution >= 4 is 11.9 Å². The maximum atomic E-state index is 13.2. The lowest BCUT2D eigenvalue weighted by Crippen LogP contribution is -2.55. The lowest BCUT2D eigenvalue weighted by molar-refractivity contribution is -0.137. The molecule has 1 fully saturated rings. The summed E-state index contributed by atoms with van der Waals surface area (Å²) < 4.78 is 2.29. The van der Waals surface area contributed by atoms with Gasteiger partial charge in [0.1, 0.15) is 0 Å². The minimum Gasteiger partial charge on any atom is -0.338 e. The second kappa shape index (κ2) is 9.70. The molecule has 1 unspecified atom stereocenters. The molecule has 8 heteroatoms. The van der Waals surface area contributed by atoms with Crippen molar-refractivity contribution in [2.75, 3.05) is 37.6 Å². The SMILES string of the molecule is CC(C(=O)N1CCN(c2ncccn2)CC1)N1CCc2c(ncn2CCc2ccccc2)C1. The van der Waals surface area contributed by atoms with Crippen molar-refractivity contribution in [3.8, 4) is 0 Å². The van der Waals surface area contributed by atoms with Crippen molar-refractivity contribution in [1.29, 1.82) is 0 Å². The minimum absolute atomic E-state index is 0.146. The Morgan fingerprint density at radius 1 is 0.970 bits per heavy atom. The molecule has 33 heavy (non-hydrogen) atoms. The molecule has 2 aliphatic heterocycles. The fourth-order valence-corrected chi connectivity index (χ4v) is 4.81. The van der Waals surface area contributed by atoms with Crippen LogP contribution >= 0.6 is 0 Å². The van der Waals surface area contributed by atoms with Crippen molar-refractivity contribution in [3.05, 3.63) is 72.1 Å². The number of piperazine rings is 1.